The summed E-state index contributed by atoms with van der Waals surface area (Å²) >= 11 is 0. The van der Waals surface area contributed by atoms with Crippen LogP contribution in [0.25, 0.3) is 0 Å². The third kappa shape index (κ3) is 51.8. The van der Waals surface area contributed by atoms with Crippen molar-refractivity contribution in [1.82, 2.24) is 0 Å². The zero-order valence-electron chi connectivity index (χ0n) is 43.4. The van der Waals surface area contributed by atoms with E-state index in [1.165, 1.54) is 128 Å². The average Bonchev–Trinajstić information content (AvgIpc) is 3.31. The Labute approximate surface area is 408 Å². The van der Waals surface area contributed by atoms with E-state index in [4.69, 9.17) is 14.2 Å². The number of rotatable bonds is 50. The van der Waals surface area contributed by atoms with Crippen LogP contribution in [-0.4, -0.2) is 37.2 Å². The molecule has 0 amide bonds. The van der Waals surface area contributed by atoms with Crippen LogP contribution < -0.4 is 0 Å². The van der Waals surface area contributed by atoms with Crippen molar-refractivity contribution in [3.05, 3.63) is 72.9 Å². The third-order valence-electron chi connectivity index (χ3n) is 11.9. The van der Waals surface area contributed by atoms with E-state index < -0.39 is 6.10 Å². The van der Waals surface area contributed by atoms with E-state index in [-0.39, 0.29) is 31.1 Å². The van der Waals surface area contributed by atoms with E-state index in [2.05, 4.69) is 93.7 Å². The number of carbonyl (C=O) groups is 3. The van der Waals surface area contributed by atoms with Gasteiger partial charge in [0.25, 0.3) is 0 Å². The Balaban J connectivity index is 4.39. The summed E-state index contributed by atoms with van der Waals surface area (Å²) in [5.41, 5.74) is 0. The largest absolute Gasteiger partial charge is 0.462 e. The maximum absolute atomic E-state index is 12.8. The second-order valence-electron chi connectivity index (χ2n) is 18.5. The molecule has 0 aliphatic rings. The SMILES string of the molecule is CC/C=C\C/C=C\C/C=C\CCCCCCCCCC(=O)OC(COC(=O)CCCCCCCC/C=C\C/C=C\C/C=C\CCCCC)COC(=O)CCCCCCCCCCCCCC. The van der Waals surface area contributed by atoms with Gasteiger partial charge in [-0.3, -0.25) is 14.4 Å². The first-order valence-electron chi connectivity index (χ1n) is 27.9. The van der Waals surface area contributed by atoms with Gasteiger partial charge in [-0.15, -0.1) is 0 Å². The van der Waals surface area contributed by atoms with Gasteiger partial charge in [0, 0.05) is 19.3 Å². The van der Waals surface area contributed by atoms with Gasteiger partial charge in [0.05, 0.1) is 0 Å². The Morgan fingerprint density at radius 3 is 0.955 bits per heavy atom. The summed E-state index contributed by atoms with van der Waals surface area (Å²) in [7, 11) is 0. The van der Waals surface area contributed by atoms with E-state index in [0.29, 0.717) is 19.3 Å². The summed E-state index contributed by atoms with van der Waals surface area (Å²) in [6, 6.07) is 0. The Hall–Kier alpha value is -3.15. The Kier molecular flexibility index (Phi) is 51.9. The monoisotopic (exact) mass is 921 g/mol. The Morgan fingerprint density at radius 1 is 0.318 bits per heavy atom. The van der Waals surface area contributed by atoms with Gasteiger partial charge >= 0.3 is 17.9 Å². The van der Waals surface area contributed by atoms with Crippen molar-refractivity contribution in [2.24, 2.45) is 0 Å². The molecule has 0 N–H and O–H groups in total. The number of allylic oxidation sites excluding steroid dienone is 12. The number of hydrogen-bond donors (Lipinski definition) is 0. The molecular formula is C60H104O6. The molecular weight excluding hydrogens is 817 g/mol. The van der Waals surface area contributed by atoms with Crippen molar-refractivity contribution in [3.63, 3.8) is 0 Å². The van der Waals surface area contributed by atoms with Crippen LogP contribution in [0.2, 0.25) is 0 Å². The molecule has 0 heterocycles. The third-order valence-corrected chi connectivity index (χ3v) is 11.9. The summed E-state index contributed by atoms with van der Waals surface area (Å²) in [5, 5.41) is 0. The first-order valence-corrected chi connectivity index (χ1v) is 27.9. The molecule has 66 heavy (non-hydrogen) atoms. The van der Waals surface area contributed by atoms with Crippen molar-refractivity contribution in [2.75, 3.05) is 13.2 Å². The topological polar surface area (TPSA) is 78.9 Å². The Morgan fingerprint density at radius 2 is 0.591 bits per heavy atom. The average molecular weight is 921 g/mol. The predicted octanol–water partition coefficient (Wildman–Crippen LogP) is 18.6. The molecule has 0 aromatic heterocycles. The zero-order chi connectivity index (χ0) is 47.9. The van der Waals surface area contributed by atoms with Gasteiger partial charge in [0.15, 0.2) is 6.10 Å². The second-order valence-corrected chi connectivity index (χ2v) is 18.5. The van der Waals surface area contributed by atoms with Crippen LogP contribution in [0.3, 0.4) is 0 Å². The van der Waals surface area contributed by atoms with Crippen LogP contribution in [0, 0.1) is 0 Å². The predicted molar refractivity (Wildman–Crippen MR) is 284 cm³/mol. The van der Waals surface area contributed by atoms with Crippen molar-refractivity contribution in [2.45, 2.75) is 277 Å². The van der Waals surface area contributed by atoms with Gasteiger partial charge in [-0.1, -0.05) is 235 Å². The van der Waals surface area contributed by atoms with Crippen LogP contribution in [0.1, 0.15) is 271 Å². The molecule has 0 aliphatic carbocycles. The lowest BCUT2D eigenvalue weighted by Gasteiger charge is -2.18. The molecule has 0 saturated carbocycles. The normalized spacial score (nSPS) is 12.6. The van der Waals surface area contributed by atoms with Crippen LogP contribution in [-0.2, 0) is 28.6 Å². The van der Waals surface area contributed by atoms with E-state index in [9.17, 15) is 14.4 Å². The fourth-order valence-electron chi connectivity index (χ4n) is 7.76. The minimum atomic E-state index is -0.785. The molecule has 1 atom stereocenters. The molecule has 0 aliphatic heterocycles. The molecule has 6 nitrogen and oxygen atoms in total. The second kappa shape index (κ2) is 54.5. The van der Waals surface area contributed by atoms with Crippen LogP contribution >= 0.6 is 0 Å². The van der Waals surface area contributed by atoms with Crippen molar-refractivity contribution < 1.29 is 28.6 Å². The fraction of sp³-hybridized carbons (Fsp3) is 0.750. The highest BCUT2D eigenvalue weighted by Crippen LogP contribution is 2.15. The number of carbonyl (C=O) groups excluding carboxylic acids is 3. The Bertz CT molecular complexity index is 1240. The molecule has 0 fully saturated rings. The summed E-state index contributed by atoms with van der Waals surface area (Å²) in [6.45, 7) is 6.49. The number of esters is 3. The minimum Gasteiger partial charge on any atom is -0.462 e. The molecule has 0 aromatic carbocycles. The molecule has 380 valence electrons. The molecule has 0 bridgehead atoms. The smallest absolute Gasteiger partial charge is 0.306 e. The summed E-state index contributed by atoms with van der Waals surface area (Å²) in [5.74, 6) is -0.898. The number of hydrogen-bond acceptors (Lipinski definition) is 6. The lowest BCUT2D eigenvalue weighted by molar-refractivity contribution is -0.167. The van der Waals surface area contributed by atoms with E-state index in [1.807, 2.05) is 0 Å². The first kappa shape index (κ1) is 62.8. The quantitative estimate of drug-likeness (QED) is 0.0262. The lowest BCUT2D eigenvalue weighted by Crippen LogP contribution is -2.30. The van der Waals surface area contributed by atoms with Crippen molar-refractivity contribution in [1.29, 1.82) is 0 Å². The summed E-state index contributed by atoms with van der Waals surface area (Å²) in [4.78, 5) is 38.1. The van der Waals surface area contributed by atoms with Gasteiger partial charge in [0.1, 0.15) is 13.2 Å². The molecule has 0 aromatic rings. The summed E-state index contributed by atoms with van der Waals surface area (Å²) in [6.07, 6.45) is 68.8. The van der Waals surface area contributed by atoms with E-state index >= 15 is 0 Å². The van der Waals surface area contributed by atoms with Gasteiger partial charge in [-0.05, 0) is 89.9 Å². The lowest BCUT2D eigenvalue weighted by atomic mass is 10.0. The maximum atomic E-state index is 12.8. The van der Waals surface area contributed by atoms with E-state index in [1.54, 1.807) is 0 Å². The standard InChI is InChI=1S/C60H104O6/c1-4-7-10-13-16-19-22-25-27-29-30-32-33-35-38-41-44-47-50-53-59(62)65-56-57(55-64-58(61)52-49-46-43-40-37-24-21-18-15-12-9-6-3)66-60(63)54-51-48-45-42-39-36-34-31-28-26-23-20-17-14-11-8-5-2/h8,11,16-17,19-20,25-28,30,32,57H,4-7,9-10,12-15,18,21-24,29,31,33-56H2,1-3H3/b11-8-,19-16-,20-17-,27-25-,28-26-,32-30-. The molecule has 6 heteroatoms. The van der Waals surface area contributed by atoms with Gasteiger partial charge in [-0.2, -0.15) is 0 Å². The highest BCUT2D eigenvalue weighted by atomic mass is 16.6. The molecule has 0 saturated heterocycles. The zero-order valence-corrected chi connectivity index (χ0v) is 43.4. The van der Waals surface area contributed by atoms with Crippen molar-refractivity contribution >= 4 is 17.9 Å². The van der Waals surface area contributed by atoms with E-state index in [0.717, 1.165) is 103 Å². The molecule has 1 unspecified atom stereocenters. The fourth-order valence-corrected chi connectivity index (χ4v) is 7.76. The molecule has 0 spiro atoms. The first-order chi connectivity index (χ1) is 32.5. The number of unbranched alkanes of at least 4 members (excludes halogenated alkanes) is 27. The molecule has 0 radical (unpaired) electrons. The van der Waals surface area contributed by atoms with Crippen molar-refractivity contribution in [3.8, 4) is 0 Å². The van der Waals surface area contributed by atoms with Crippen LogP contribution in [0.15, 0.2) is 72.9 Å². The summed E-state index contributed by atoms with van der Waals surface area (Å²) < 4.78 is 16.8. The maximum Gasteiger partial charge on any atom is 0.306 e. The minimum absolute atomic E-state index is 0.0820. The highest BCUT2D eigenvalue weighted by molar-refractivity contribution is 5.71. The van der Waals surface area contributed by atoms with Crippen LogP contribution in [0.4, 0.5) is 0 Å². The van der Waals surface area contributed by atoms with Gasteiger partial charge < -0.3 is 14.2 Å². The van der Waals surface area contributed by atoms with Gasteiger partial charge in [-0.25, -0.2) is 0 Å². The molecule has 0 rings (SSSR count). The van der Waals surface area contributed by atoms with Crippen LogP contribution in [0.5, 0.6) is 0 Å². The van der Waals surface area contributed by atoms with Gasteiger partial charge in [0.2, 0.25) is 0 Å². The highest BCUT2D eigenvalue weighted by Gasteiger charge is 2.19. The number of ether oxygens (including phenoxy) is 3.